The number of halogens is 2. The topological polar surface area (TPSA) is 56.8 Å². The first kappa shape index (κ1) is 20.5. The van der Waals surface area contributed by atoms with Crippen LogP contribution >= 0.6 is 0 Å². The molecule has 27 heavy (non-hydrogen) atoms. The second-order valence-electron chi connectivity index (χ2n) is 5.69. The number of rotatable bonds is 10. The molecule has 0 spiro atoms. The smallest absolute Gasteiger partial charge is 0.387 e. The fourth-order valence-electron chi connectivity index (χ4n) is 2.27. The molecule has 0 saturated heterocycles. The second kappa shape index (κ2) is 10.4. The van der Waals surface area contributed by atoms with Crippen LogP contribution in [0.3, 0.4) is 0 Å². The largest absolute Gasteiger partial charge is 0.490 e. The van der Waals surface area contributed by atoms with Crippen LogP contribution in [-0.2, 0) is 0 Å². The van der Waals surface area contributed by atoms with E-state index in [9.17, 15) is 13.6 Å². The van der Waals surface area contributed by atoms with E-state index in [1.807, 2.05) is 13.8 Å². The predicted octanol–water partition coefficient (Wildman–Crippen LogP) is 5.12. The molecule has 146 valence electrons. The van der Waals surface area contributed by atoms with Gasteiger partial charge in [-0.1, -0.05) is 26.0 Å². The third-order valence-electron chi connectivity index (χ3n) is 3.48. The van der Waals surface area contributed by atoms with Gasteiger partial charge in [-0.15, -0.1) is 0 Å². The number of carbonyl (C=O) groups is 1. The van der Waals surface area contributed by atoms with Crippen LogP contribution < -0.4 is 19.5 Å². The Hall–Kier alpha value is -2.83. The average molecular weight is 379 g/mol. The van der Waals surface area contributed by atoms with E-state index in [1.165, 1.54) is 12.1 Å². The van der Waals surface area contributed by atoms with E-state index in [1.54, 1.807) is 30.3 Å². The summed E-state index contributed by atoms with van der Waals surface area (Å²) in [5, 5.41) is 2.58. The van der Waals surface area contributed by atoms with Gasteiger partial charge in [-0.2, -0.15) is 8.78 Å². The molecule has 0 unspecified atom stereocenters. The molecule has 0 aromatic heterocycles. The van der Waals surface area contributed by atoms with E-state index in [0.29, 0.717) is 30.3 Å². The fraction of sp³-hybridized carbons (Fsp3) is 0.350. The number of nitrogens with one attached hydrogen (secondary N) is 1. The molecule has 2 rings (SSSR count). The lowest BCUT2D eigenvalue weighted by atomic mass is 10.1. The van der Waals surface area contributed by atoms with E-state index in [-0.39, 0.29) is 11.4 Å². The quantitative estimate of drug-likeness (QED) is 0.623. The molecule has 0 radical (unpaired) electrons. The Balaban J connectivity index is 2.20. The van der Waals surface area contributed by atoms with Crippen LogP contribution in [0, 0.1) is 0 Å². The van der Waals surface area contributed by atoms with Crippen molar-refractivity contribution in [3.63, 3.8) is 0 Å². The van der Waals surface area contributed by atoms with Crippen molar-refractivity contribution in [2.24, 2.45) is 0 Å². The van der Waals surface area contributed by atoms with Gasteiger partial charge in [0.1, 0.15) is 5.75 Å². The van der Waals surface area contributed by atoms with Crippen molar-refractivity contribution in [2.45, 2.75) is 33.3 Å². The van der Waals surface area contributed by atoms with Gasteiger partial charge >= 0.3 is 6.61 Å². The predicted molar refractivity (Wildman–Crippen MR) is 99.0 cm³/mol. The number of carbonyl (C=O) groups excluding carboxylic acids is 1. The fourth-order valence-corrected chi connectivity index (χ4v) is 2.27. The Bertz CT molecular complexity index is 753. The Morgan fingerprint density at radius 3 is 2.30 bits per heavy atom. The van der Waals surface area contributed by atoms with Crippen molar-refractivity contribution < 1.29 is 27.8 Å². The Kier molecular flexibility index (Phi) is 7.85. The molecule has 2 aromatic rings. The maximum absolute atomic E-state index is 12.6. The lowest BCUT2D eigenvalue weighted by molar-refractivity contribution is -0.0493. The van der Waals surface area contributed by atoms with Gasteiger partial charge in [-0.25, -0.2) is 0 Å². The minimum Gasteiger partial charge on any atom is -0.490 e. The Morgan fingerprint density at radius 1 is 0.963 bits per heavy atom. The molecule has 0 aliphatic carbocycles. The Labute approximate surface area is 157 Å². The molecule has 7 heteroatoms. The molecule has 0 fully saturated rings. The van der Waals surface area contributed by atoms with E-state index in [4.69, 9.17) is 9.47 Å². The van der Waals surface area contributed by atoms with Gasteiger partial charge in [0.25, 0.3) is 5.91 Å². The molecule has 0 atom stereocenters. The summed E-state index contributed by atoms with van der Waals surface area (Å²) in [5.74, 6) is 0.452. The molecule has 0 bridgehead atoms. The first-order valence-electron chi connectivity index (χ1n) is 8.80. The molecule has 0 aliphatic rings. The summed E-state index contributed by atoms with van der Waals surface area (Å²) in [6.07, 6.45) is 1.65. The minimum atomic E-state index is -2.98. The van der Waals surface area contributed by atoms with Crippen molar-refractivity contribution in [2.75, 3.05) is 18.5 Å². The van der Waals surface area contributed by atoms with Gasteiger partial charge < -0.3 is 19.5 Å². The van der Waals surface area contributed by atoms with Crippen LogP contribution in [-0.4, -0.2) is 25.7 Å². The zero-order valence-electron chi connectivity index (χ0n) is 15.3. The SMILES string of the molecule is CCCOc1ccc(C(=O)Nc2ccccc2OC(F)F)cc1OCCC. The standard InChI is InChI=1S/C20H23F2NO4/c1-3-11-25-17-10-9-14(13-18(17)26-12-4-2)19(24)23-15-7-5-6-8-16(15)27-20(21)22/h5-10,13,20H,3-4,11-12H2,1-2H3,(H,23,24). The summed E-state index contributed by atoms with van der Waals surface area (Å²) in [5.41, 5.74) is 0.474. The molecule has 1 amide bonds. The summed E-state index contributed by atoms with van der Waals surface area (Å²) in [6, 6.07) is 10.8. The normalized spacial score (nSPS) is 10.6. The number of para-hydroxylation sites is 2. The molecular weight excluding hydrogens is 356 g/mol. The second-order valence-corrected chi connectivity index (χ2v) is 5.69. The van der Waals surface area contributed by atoms with E-state index in [2.05, 4.69) is 10.1 Å². The molecule has 5 nitrogen and oxygen atoms in total. The van der Waals surface area contributed by atoms with Gasteiger partial charge in [0.2, 0.25) is 0 Å². The lowest BCUT2D eigenvalue weighted by Gasteiger charge is -2.14. The lowest BCUT2D eigenvalue weighted by Crippen LogP contribution is -2.14. The first-order valence-corrected chi connectivity index (χ1v) is 8.80. The number of hydrogen-bond acceptors (Lipinski definition) is 4. The highest BCUT2D eigenvalue weighted by molar-refractivity contribution is 6.05. The van der Waals surface area contributed by atoms with Crippen LogP contribution in [0.2, 0.25) is 0 Å². The molecular formula is C20H23F2NO4. The average Bonchev–Trinajstić information content (AvgIpc) is 2.66. The molecule has 0 heterocycles. The van der Waals surface area contributed by atoms with Crippen LogP contribution in [0.1, 0.15) is 37.0 Å². The van der Waals surface area contributed by atoms with Crippen molar-refractivity contribution in [1.82, 2.24) is 0 Å². The third kappa shape index (κ3) is 6.13. The van der Waals surface area contributed by atoms with Gasteiger partial charge in [0, 0.05) is 5.56 Å². The monoisotopic (exact) mass is 379 g/mol. The number of benzene rings is 2. The summed E-state index contributed by atoms with van der Waals surface area (Å²) >= 11 is 0. The van der Waals surface area contributed by atoms with Crippen molar-refractivity contribution >= 4 is 11.6 Å². The zero-order chi connectivity index (χ0) is 19.6. The zero-order valence-corrected chi connectivity index (χ0v) is 15.3. The van der Waals surface area contributed by atoms with E-state index < -0.39 is 12.5 Å². The summed E-state index contributed by atoms with van der Waals surface area (Å²) in [7, 11) is 0. The van der Waals surface area contributed by atoms with Crippen LogP contribution in [0.25, 0.3) is 0 Å². The Morgan fingerprint density at radius 2 is 1.63 bits per heavy atom. The number of ether oxygens (including phenoxy) is 3. The highest BCUT2D eigenvalue weighted by atomic mass is 19.3. The van der Waals surface area contributed by atoms with Crippen molar-refractivity contribution in [3.8, 4) is 17.2 Å². The van der Waals surface area contributed by atoms with E-state index >= 15 is 0 Å². The maximum Gasteiger partial charge on any atom is 0.387 e. The minimum absolute atomic E-state index is 0.105. The number of alkyl halides is 2. The summed E-state index contributed by atoms with van der Waals surface area (Å²) in [6.45, 7) is 2.01. The van der Waals surface area contributed by atoms with Gasteiger partial charge in [0.05, 0.1) is 18.9 Å². The van der Waals surface area contributed by atoms with Crippen LogP contribution in [0.5, 0.6) is 17.2 Å². The molecule has 2 aromatic carbocycles. The first-order chi connectivity index (χ1) is 13.0. The highest BCUT2D eigenvalue weighted by Crippen LogP contribution is 2.30. The third-order valence-corrected chi connectivity index (χ3v) is 3.48. The van der Waals surface area contributed by atoms with Crippen LogP contribution in [0.4, 0.5) is 14.5 Å². The van der Waals surface area contributed by atoms with E-state index in [0.717, 1.165) is 12.8 Å². The van der Waals surface area contributed by atoms with Gasteiger partial charge in [-0.3, -0.25) is 4.79 Å². The van der Waals surface area contributed by atoms with Crippen molar-refractivity contribution in [3.05, 3.63) is 48.0 Å². The van der Waals surface area contributed by atoms with Crippen LogP contribution in [0.15, 0.2) is 42.5 Å². The molecule has 1 N–H and O–H groups in total. The number of anilines is 1. The number of hydrogen-bond donors (Lipinski definition) is 1. The van der Waals surface area contributed by atoms with Gasteiger partial charge in [-0.05, 0) is 43.2 Å². The maximum atomic E-state index is 12.6. The summed E-state index contributed by atoms with van der Waals surface area (Å²) < 4.78 is 40.8. The highest BCUT2D eigenvalue weighted by Gasteiger charge is 2.15. The number of amides is 1. The molecule has 0 aliphatic heterocycles. The summed E-state index contributed by atoms with van der Waals surface area (Å²) in [4.78, 5) is 12.6. The van der Waals surface area contributed by atoms with Gasteiger partial charge in [0.15, 0.2) is 11.5 Å². The molecule has 0 saturated carbocycles. The van der Waals surface area contributed by atoms with Crippen molar-refractivity contribution in [1.29, 1.82) is 0 Å².